The normalized spacial score (nSPS) is 17.0. The predicted molar refractivity (Wildman–Crippen MR) is 88.3 cm³/mol. The summed E-state index contributed by atoms with van der Waals surface area (Å²) in [5.74, 6) is -0.947. The molecule has 1 fully saturated rings. The maximum absolute atomic E-state index is 12.2. The Morgan fingerprint density at radius 2 is 1.65 bits per heavy atom. The first-order valence-corrected chi connectivity index (χ1v) is 7.61. The molecular formula is C18H18N2O3. The molecule has 1 heterocycles. The summed E-state index contributed by atoms with van der Waals surface area (Å²) in [7, 11) is 0. The van der Waals surface area contributed by atoms with Gasteiger partial charge in [0.25, 0.3) is 0 Å². The fourth-order valence-electron chi connectivity index (χ4n) is 2.84. The number of nitrogens with zero attached hydrogens (tertiary/aromatic N) is 1. The zero-order valence-electron chi connectivity index (χ0n) is 12.6. The summed E-state index contributed by atoms with van der Waals surface area (Å²) in [6.45, 7) is 0.477. The van der Waals surface area contributed by atoms with E-state index in [1.807, 2.05) is 54.6 Å². The number of hydrogen-bond donors (Lipinski definition) is 2. The van der Waals surface area contributed by atoms with Crippen LogP contribution in [0.2, 0.25) is 0 Å². The molecule has 0 saturated carbocycles. The van der Waals surface area contributed by atoms with Crippen molar-refractivity contribution in [3.8, 4) is 11.1 Å². The molecule has 1 atom stereocenters. The molecule has 1 saturated heterocycles. The highest BCUT2D eigenvalue weighted by Gasteiger charge is 2.33. The van der Waals surface area contributed by atoms with Crippen LogP contribution in [0.1, 0.15) is 12.8 Å². The number of amides is 2. The molecule has 5 nitrogen and oxygen atoms in total. The van der Waals surface area contributed by atoms with Gasteiger partial charge in [-0.15, -0.1) is 0 Å². The van der Waals surface area contributed by atoms with Gasteiger partial charge in [-0.25, -0.2) is 9.59 Å². The number of nitrogens with one attached hydrogen (secondary N) is 1. The minimum atomic E-state index is -0.947. The number of urea groups is 1. The molecule has 0 aliphatic carbocycles. The highest BCUT2D eigenvalue weighted by molar-refractivity contribution is 5.93. The third-order valence-corrected chi connectivity index (χ3v) is 4.04. The van der Waals surface area contributed by atoms with Crippen molar-refractivity contribution in [2.24, 2.45) is 0 Å². The molecule has 23 heavy (non-hydrogen) atoms. The fourth-order valence-corrected chi connectivity index (χ4v) is 2.84. The van der Waals surface area contributed by atoms with Crippen LogP contribution in [0, 0.1) is 0 Å². The summed E-state index contributed by atoms with van der Waals surface area (Å²) in [4.78, 5) is 24.8. The molecule has 0 aromatic heterocycles. The lowest BCUT2D eigenvalue weighted by Crippen LogP contribution is -2.42. The van der Waals surface area contributed by atoms with Crippen molar-refractivity contribution < 1.29 is 14.7 Å². The van der Waals surface area contributed by atoms with Crippen LogP contribution in [0.3, 0.4) is 0 Å². The van der Waals surface area contributed by atoms with Gasteiger partial charge < -0.3 is 15.3 Å². The SMILES string of the molecule is O=C(O)C1CCCN1C(=O)Nc1ccc(-c2ccccc2)cc1. The Hall–Kier alpha value is -2.82. The summed E-state index contributed by atoms with van der Waals surface area (Å²) in [5.41, 5.74) is 2.83. The van der Waals surface area contributed by atoms with Gasteiger partial charge in [0, 0.05) is 12.2 Å². The average Bonchev–Trinajstić information content (AvgIpc) is 3.06. The van der Waals surface area contributed by atoms with E-state index < -0.39 is 12.0 Å². The molecule has 2 aromatic rings. The van der Waals surface area contributed by atoms with Crippen molar-refractivity contribution in [3.63, 3.8) is 0 Å². The van der Waals surface area contributed by atoms with Gasteiger partial charge in [-0.2, -0.15) is 0 Å². The number of anilines is 1. The van der Waals surface area contributed by atoms with Crippen molar-refractivity contribution in [2.45, 2.75) is 18.9 Å². The van der Waals surface area contributed by atoms with E-state index in [9.17, 15) is 9.59 Å². The van der Waals surface area contributed by atoms with Gasteiger partial charge in [0.2, 0.25) is 0 Å². The zero-order chi connectivity index (χ0) is 16.2. The number of carbonyl (C=O) groups is 2. The molecule has 1 aliphatic rings. The quantitative estimate of drug-likeness (QED) is 0.912. The molecule has 1 unspecified atom stereocenters. The van der Waals surface area contributed by atoms with E-state index in [1.165, 1.54) is 4.90 Å². The maximum Gasteiger partial charge on any atom is 0.326 e. The van der Waals surface area contributed by atoms with Gasteiger partial charge >= 0.3 is 12.0 Å². The van der Waals surface area contributed by atoms with Crippen LogP contribution in [0.25, 0.3) is 11.1 Å². The number of carbonyl (C=O) groups excluding carboxylic acids is 1. The van der Waals surface area contributed by atoms with Gasteiger partial charge in [-0.05, 0) is 36.1 Å². The van der Waals surface area contributed by atoms with E-state index in [4.69, 9.17) is 5.11 Å². The monoisotopic (exact) mass is 310 g/mol. The molecule has 0 radical (unpaired) electrons. The number of rotatable bonds is 3. The van der Waals surface area contributed by atoms with Crippen molar-refractivity contribution in [1.29, 1.82) is 0 Å². The Kier molecular flexibility index (Phi) is 4.28. The number of carboxylic acid groups (broad SMARTS) is 1. The summed E-state index contributed by atoms with van der Waals surface area (Å²) in [5, 5.41) is 11.9. The van der Waals surface area contributed by atoms with Crippen LogP contribution >= 0.6 is 0 Å². The number of benzene rings is 2. The lowest BCUT2D eigenvalue weighted by molar-refractivity contribution is -0.141. The Labute approximate surface area is 134 Å². The molecule has 0 spiro atoms. The molecule has 3 rings (SSSR count). The topological polar surface area (TPSA) is 69.6 Å². The maximum atomic E-state index is 12.2. The average molecular weight is 310 g/mol. The van der Waals surface area contributed by atoms with E-state index in [1.54, 1.807) is 0 Å². The predicted octanol–water partition coefficient (Wildman–Crippen LogP) is 3.43. The lowest BCUT2D eigenvalue weighted by atomic mass is 10.1. The van der Waals surface area contributed by atoms with Gasteiger partial charge in [0.15, 0.2) is 0 Å². The highest BCUT2D eigenvalue weighted by Crippen LogP contribution is 2.22. The van der Waals surface area contributed by atoms with Crippen LogP contribution in [-0.4, -0.2) is 34.6 Å². The molecule has 1 aliphatic heterocycles. The summed E-state index contributed by atoms with van der Waals surface area (Å²) < 4.78 is 0. The van der Waals surface area contributed by atoms with Gasteiger partial charge in [0.1, 0.15) is 6.04 Å². The Balaban J connectivity index is 1.69. The second-order valence-electron chi connectivity index (χ2n) is 5.56. The second-order valence-corrected chi connectivity index (χ2v) is 5.56. The Bertz CT molecular complexity index is 698. The number of hydrogen-bond acceptors (Lipinski definition) is 2. The molecule has 2 aromatic carbocycles. The smallest absolute Gasteiger partial charge is 0.326 e. The highest BCUT2D eigenvalue weighted by atomic mass is 16.4. The molecule has 118 valence electrons. The Morgan fingerprint density at radius 1 is 1.00 bits per heavy atom. The molecule has 2 N–H and O–H groups in total. The van der Waals surface area contributed by atoms with Crippen LogP contribution in [0.5, 0.6) is 0 Å². The van der Waals surface area contributed by atoms with E-state index in [-0.39, 0.29) is 6.03 Å². The standard InChI is InChI=1S/C18H18N2O3/c21-17(22)16-7-4-12-20(16)18(23)19-15-10-8-14(9-11-15)13-5-2-1-3-6-13/h1-3,5-6,8-11,16H,4,7,12H2,(H,19,23)(H,21,22). The van der Waals surface area contributed by atoms with Crippen molar-refractivity contribution >= 4 is 17.7 Å². The van der Waals surface area contributed by atoms with Crippen molar-refractivity contribution in [1.82, 2.24) is 4.90 Å². The molecule has 0 bridgehead atoms. The number of carboxylic acids is 1. The fraction of sp³-hybridized carbons (Fsp3) is 0.222. The first-order valence-electron chi connectivity index (χ1n) is 7.61. The molecule has 5 heteroatoms. The zero-order valence-corrected chi connectivity index (χ0v) is 12.6. The lowest BCUT2D eigenvalue weighted by Gasteiger charge is -2.21. The summed E-state index contributed by atoms with van der Waals surface area (Å²) >= 11 is 0. The first-order chi connectivity index (χ1) is 11.1. The van der Waals surface area contributed by atoms with Gasteiger partial charge in [-0.1, -0.05) is 42.5 Å². The summed E-state index contributed by atoms with van der Waals surface area (Å²) in [6, 6.07) is 16.4. The van der Waals surface area contributed by atoms with E-state index in [0.29, 0.717) is 18.7 Å². The first kappa shape index (κ1) is 15.1. The van der Waals surface area contributed by atoms with E-state index >= 15 is 0 Å². The molecular weight excluding hydrogens is 292 g/mol. The summed E-state index contributed by atoms with van der Waals surface area (Å²) in [6.07, 6.45) is 1.23. The van der Waals surface area contributed by atoms with E-state index in [2.05, 4.69) is 5.32 Å². The van der Waals surface area contributed by atoms with E-state index in [0.717, 1.165) is 17.5 Å². The number of aliphatic carboxylic acids is 1. The van der Waals surface area contributed by atoms with Gasteiger partial charge in [0.05, 0.1) is 0 Å². The Morgan fingerprint density at radius 3 is 2.30 bits per heavy atom. The third kappa shape index (κ3) is 3.34. The van der Waals surface area contributed by atoms with Crippen LogP contribution in [0.4, 0.5) is 10.5 Å². The van der Waals surface area contributed by atoms with Gasteiger partial charge in [-0.3, -0.25) is 0 Å². The largest absolute Gasteiger partial charge is 0.480 e. The second kappa shape index (κ2) is 6.52. The third-order valence-electron chi connectivity index (χ3n) is 4.04. The van der Waals surface area contributed by atoms with Crippen LogP contribution in [-0.2, 0) is 4.79 Å². The van der Waals surface area contributed by atoms with Crippen LogP contribution < -0.4 is 5.32 Å². The molecule has 2 amide bonds. The minimum Gasteiger partial charge on any atom is -0.480 e. The number of likely N-dealkylation sites (tertiary alicyclic amines) is 1. The van der Waals surface area contributed by atoms with Crippen molar-refractivity contribution in [3.05, 3.63) is 54.6 Å². The van der Waals surface area contributed by atoms with Crippen molar-refractivity contribution in [2.75, 3.05) is 11.9 Å². The minimum absolute atomic E-state index is 0.359. The van der Waals surface area contributed by atoms with Crippen LogP contribution in [0.15, 0.2) is 54.6 Å².